The van der Waals surface area contributed by atoms with Crippen LogP contribution in [0.4, 0.5) is 4.79 Å². The Morgan fingerprint density at radius 3 is 2.22 bits per heavy atom. The van der Waals surface area contributed by atoms with Crippen LogP contribution in [0.25, 0.3) is 0 Å². The van der Waals surface area contributed by atoms with Gasteiger partial charge in [-0.1, -0.05) is 23.2 Å². The van der Waals surface area contributed by atoms with Gasteiger partial charge in [0, 0.05) is 6.04 Å². The number of ether oxygens (including phenoxy) is 2. The van der Waals surface area contributed by atoms with Crippen molar-refractivity contribution in [2.75, 3.05) is 13.7 Å². The van der Waals surface area contributed by atoms with Gasteiger partial charge >= 0.3 is 12.0 Å². The zero-order valence-electron chi connectivity index (χ0n) is 12.7. The number of benzene rings is 1. The summed E-state index contributed by atoms with van der Waals surface area (Å²) < 4.78 is 9.75. The Morgan fingerprint density at radius 1 is 1.17 bits per heavy atom. The second-order valence-electron chi connectivity index (χ2n) is 4.73. The third-order valence-electron chi connectivity index (χ3n) is 2.45. The van der Waals surface area contributed by atoms with Gasteiger partial charge in [-0.25, -0.2) is 9.59 Å². The summed E-state index contributed by atoms with van der Waals surface area (Å²) in [5.41, 5.74) is 0.0558. The SMILES string of the molecule is COc1c(Cl)cc(C(=O)OCC(=O)NC(=O)NC(C)C)cc1Cl. The number of halogens is 2. The average molecular weight is 363 g/mol. The lowest BCUT2D eigenvalue weighted by Crippen LogP contribution is -2.44. The van der Waals surface area contributed by atoms with E-state index in [1.165, 1.54) is 19.2 Å². The number of amides is 3. The molecule has 0 spiro atoms. The molecule has 0 radical (unpaired) electrons. The molecular formula is C14H16Cl2N2O5. The van der Waals surface area contributed by atoms with Gasteiger partial charge < -0.3 is 14.8 Å². The fourth-order valence-corrected chi connectivity index (χ4v) is 2.19. The van der Waals surface area contributed by atoms with Crippen molar-refractivity contribution < 1.29 is 23.9 Å². The van der Waals surface area contributed by atoms with Gasteiger partial charge in [0.25, 0.3) is 5.91 Å². The van der Waals surface area contributed by atoms with Gasteiger partial charge in [-0.2, -0.15) is 0 Å². The summed E-state index contributed by atoms with van der Waals surface area (Å²) in [6.07, 6.45) is 0. The number of hydrogen-bond acceptors (Lipinski definition) is 5. The minimum absolute atomic E-state index is 0.0558. The van der Waals surface area contributed by atoms with E-state index in [0.717, 1.165) is 0 Å². The van der Waals surface area contributed by atoms with Crippen molar-refractivity contribution in [1.29, 1.82) is 0 Å². The minimum Gasteiger partial charge on any atom is -0.494 e. The number of nitrogens with one attached hydrogen (secondary N) is 2. The van der Waals surface area contributed by atoms with Crippen molar-refractivity contribution in [3.63, 3.8) is 0 Å². The lowest BCUT2D eigenvalue weighted by atomic mass is 10.2. The number of carbonyl (C=O) groups excluding carboxylic acids is 3. The van der Waals surface area contributed by atoms with Gasteiger partial charge in [0.15, 0.2) is 12.4 Å². The van der Waals surface area contributed by atoms with E-state index < -0.39 is 24.5 Å². The van der Waals surface area contributed by atoms with Crippen LogP contribution in [0.1, 0.15) is 24.2 Å². The highest BCUT2D eigenvalue weighted by Gasteiger charge is 2.16. The van der Waals surface area contributed by atoms with Gasteiger partial charge in [-0.3, -0.25) is 10.1 Å². The lowest BCUT2D eigenvalue weighted by molar-refractivity contribution is -0.123. The highest BCUT2D eigenvalue weighted by molar-refractivity contribution is 6.37. The number of rotatable bonds is 5. The summed E-state index contributed by atoms with van der Waals surface area (Å²) in [5.74, 6) is -1.34. The van der Waals surface area contributed by atoms with Crippen LogP contribution < -0.4 is 15.4 Å². The molecule has 0 aliphatic rings. The molecule has 1 rings (SSSR count). The zero-order valence-corrected chi connectivity index (χ0v) is 14.2. The Bertz CT molecular complexity index is 596. The Hall–Kier alpha value is -1.99. The van der Waals surface area contributed by atoms with Crippen LogP contribution in [-0.4, -0.2) is 37.7 Å². The van der Waals surface area contributed by atoms with Crippen molar-refractivity contribution in [2.24, 2.45) is 0 Å². The highest BCUT2D eigenvalue weighted by Crippen LogP contribution is 2.33. The van der Waals surface area contributed by atoms with E-state index in [1.807, 2.05) is 5.32 Å². The number of methoxy groups -OCH3 is 1. The van der Waals surface area contributed by atoms with E-state index >= 15 is 0 Å². The summed E-state index contributed by atoms with van der Waals surface area (Å²) in [5, 5.41) is 4.75. The van der Waals surface area contributed by atoms with Crippen LogP contribution in [0.2, 0.25) is 10.0 Å². The fourth-order valence-electron chi connectivity index (χ4n) is 1.55. The third-order valence-corrected chi connectivity index (χ3v) is 3.01. The van der Waals surface area contributed by atoms with Crippen LogP contribution in [0.5, 0.6) is 5.75 Å². The molecule has 2 N–H and O–H groups in total. The highest BCUT2D eigenvalue weighted by atomic mass is 35.5. The summed E-state index contributed by atoms with van der Waals surface area (Å²) in [7, 11) is 1.39. The monoisotopic (exact) mass is 362 g/mol. The molecule has 0 bridgehead atoms. The molecule has 0 unspecified atom stereocenters. The number of hydrogen-bond donors (Lipinski definition) is 2. The van der Waals surface area contributed by atoms with Gasteiger partial charge in [-0.05, 0) is 26.0 Å². The first-order valence-corrected chi connectivity index (χ1v) is 7.30. The molecule has 3 amide bonds. The molecule has 0 aliphatic carbocycles. The molecule has 126 valence electrons. The minimum atomic E-state index is -0.809. The van der Waals surface area contributed by atoms with Crippen molar-refractivity contribution in [3.05, 3.63) is 27.7 Å². The molecule has 0 aromatic heterocycles. The molecule has 7 nitrogen and oxygen atoms in total. The van der Waals surface area contributed by atoms with Crippen molar-refractivity contribution >= 4 is 41.1 Å². The molecule has 1 aromatic carbocycles. The van der Waals surface area contributed by atoms with Crippen molar-refractivity contribution in [1.82, 2.24) is 10.6 Å². The van der Waals surface area contributed by atoms with Crippen LogP contribution in [0.3, 0.4) is 0 Å². The first-order chi connectivity index (χ1) is 10.7. The maximum absolute atomic E-state index is 11.9. The molecule has 0 atom stereocenters. The molecule has 0 heterocycles. The summed E-state index contributed by atoms with van der Waals surface area (Å²) >= 11 is 11.8. The standard InChI is InChI=1S/C14H16Cl2N2O5/c1-7(2)17-14(21)18-11(19)6-23-13(20)8-4-9(15)12(22-3)10(16)5-8/h4-5,7H,6H2,1-3H3,(H2,17,18,19,21). The van der Waals surface area contributed by atoms with Crippen LogP contribution in [0.15, 0.2) is 12.1 Å². The van der Waals surface area contributed by atoms with Crippen LogP contribution in [-0.2, 0) is 9.53 Å². The second kappa shape index (κ2) is 8.59. The summed E-state index contributed by atoms with van der Waals surface area (Å²) in [6.45, 7) is 2.86. The summed E-state index contributed by atoms with van der Waals surface area (Å²) in [6, 6.07) is 1.81. The first kappa shape index (κ1) is 19.1. The Morgan fingerprint density at radius 2 is 1.74 bits per heavy atom. The Kier molecular flexibility index (Phi) is 7.12. The number of esters is 1. The predicted octanol–water partition coefficient (Wildman–Crippen LogP) is 2.39. The van der Waals surface area contributed by atoms with Crippen molar-refractivity contribution in [3.8, 4) is 5.75 Å². The van der Waals surface area contributed by atoms with E-state index in [2.05, 4.69) is 5.32 Å². The predicted molar refractivity (Wildman–Crippen MR) is 85.1 cm³/mol. The van der Waals surface area contributed by atoms with Gasteiger partial charge in [0.1, 0.15) is 0 Å². The van der Waals surface area contributed by atoms with Crippen LogP contribution in [0, 0.1) is 0 Å². The normalized spacial score (nSPS) is 10.2. The third kappa shape index (κ3) is 5.96. The van der Waals surface area contributed by atoms with E-state index in [0.29, 0.717) is 0 Å². The molecule has 0 fully saturated rings. The van der Waals surface area contributed by atoms with Gasteiger partial charge in [0.2, 0.25) is 0 Å². The molecule has 0 saturated heterocycles. The number of urea groups is 1. The van der Waals surface area contributed by atoms with E-state index in [1.54, 1.807) is 13.8 Å². The first-order valence-electron chi connectivity index (χ1n) is 6.55. The second-order valence-corrected chi connectivity index (χ2v) is 5.54. The van der Waals surface area contributed by atoms with E-state index in [-0.39, 0.29) is 27.4 Å². The summed E-state index contributed by atoms with van der Waals surface area (Å²) in [4.78, 5) is 34.6. The molecular weight excluding hydrogens is 347 g/mol. The smallest absolute Gasteiger partial charge is 0.338 e. The lowest BCUT2D eigenvalue weighted by Gasteiger charge is -2.10. The molecule has 1 aromatic rings. The average Bonchev–Trinajstić information content (AvgIpc) is 2.43. The Balaban J connectivity index is 2.60. The van der Waals surface area contributed by atoms with Gasteiger partial charge in [0.05, 0.1) is 22.7 Å². The van der Waals surface area contributed by atoms with E-state index in [4.69, 9.17) is 32.7 Å². The molecule has 9 heteroatoms. The fraction of sp³-hybridized carbons (Fsp3) is 0.357. The maximum atomic E-state index is 11.9. The van der Waals surface area contributed by atoms with Crippen molar-refractivity contribution in [2.45, 2.75) is 19.9 Å². The molecule has 0 aliphatic heterocycles. The largest absolute Gasteiger partial charge is 0.494 e. The number of carbonyl (C=O) groups is 3. The molecule has 0 saturated carbocycles. The number of imide groups is 1. The maximum Gasteiger partial charge on any atom is 0.338 e. The van der Waals surface area contributed by atoms with Gasteiger partial charge in [-0.15, -0.1) is 0 Å². The Labute approximate surface area is 143 Å². The topological polar surface area (TPSA) is 93.7 Å². The van der Waals surface area contributed by atoms with Crippen LogP contribution >= 0.6 is 23.2 Å². The zero-order chi connectivity index (χ0) is 17.6. The van der Waals surface area contributed by atoms with E-state index in [9.17, 15) is 14.4 Å². The molecule has 23 heavy (non-hydrogen) atoms. The quantitative estimate of drug-likeness (QED) is 0.784.